The van der Waals surface area contributed by atoms with Gasteiger partial charge < -0.3 is 15.1 Å². The average Bonchev–Trinajstić information content (AvgIpc) is 2.65. The van der Waals surface area contributed by atoms with Crippen LogP contribution < -0.4 is 10.2 Å². The van der Waals surface area contributed by atoms with Gasteiger partial charge in [-0.05, 0) is 37.1 Å². The van der Waals surface area contributed by atoms with E-state index in [1.165, 1.54) is 18.0 Å². The summed E-state index contributed by atoms with van der Waals surface area (Å²) in [5, 5.41) is 2.87. The Hall–Kier alpha value is -2.96. The maximum absolute atomic E-state index is 12.4. The third kappa shape index (κ3) is 3.99. The highest BCUT2D eigenvalue weighted by molar-refractivity contribution is 6.03. The van der Waals surface area contributed by atoms with Crippen LogP contribution in [0.3, 0.4) is 0 Å². The number of rotatable bonds is 3. The molecule has 3 rings (SSSR count). The summed E-state index contributed by atoms with van der Waals surface area (Å²) in [5.41, 5.74) is 3.47. The minimum atomic E-state index is -0.235. The van der Waals surface area contributed by atoms with Crippen LogP contribution in [0.15, 0.2) is 30.6 Å². The number of amides is 2. The molecule has 0 atom stereocenters. The first-order chi connectivity index (χ1) is 12.4. The second-order valence-corrected chi connectivity index (χ2v) is 6.52. The normalized spacial score (nSPS) is 14.3. The van der Waals surface area contributed by atoms with Crippen LogP contribution in [0.4, 0.5) is 11.6 Å². The van der Waals surface area contributed by atoms with Crippen LogP contribution in [-0.4, -0.2) is 52.9 Å². The van der Waals surface area contributed by atoms with Gasteiger partial charge >= 0.3 is 0 Å². The monoisotopic (exact) mass is 353 g/mol. The number of hydrogen-bond acceptors (Lipinski definition) is 5. The minimum absolute atomic E-state index is 0.0870. The maximum atomic E-state index is 12.4. The van der Waals surface area contributed by atoms with Crippen molar-refractivity contribution >= 4 is 23.5 Å². The molecule has 1 aliphatic rings. The van der Waals surface area contributed by atoms with Crippen molar-refractivity contribution < 1.29 is 9.59 Å². The largest absolute Gasteiger partial charge is 0.339 e. The molecule has 2 amide bonds. The van der Waals surface area contributed by atoms with Crippen molar-refractivity contribution in [2.75, 3.05) is 36.4 Å². The van der Waals surface area contributed by atoms with Gasteiger partial charge in [0.15, 0.2) is 0 Å². The van der Waals surface area contributed by atoms with Crippen molar-refractivity contribution in [3.8, 4) is 0 Å². The van der Waals surface area contributed by atoms with E-state index in [0.29, 0.717) is 37.7 Å². The first-order valence-corrected chi connectivity index (χ1v) is 8.65. The molecule has 136 valence electrons. The Labute approximate surface area is 153 Å². The molecule has 0 unspecified atom stereocenters. The molecular formula is C19H23N5O2. The molecule has 2 aromatic rings. The van der Waals surface area contributed by atoms with Crippen molar-refractivity contribution in [3.05, 3.63) is 47.3 Å². The molecule has 1 N–H and O–H groups in total. The van der Waals surface area contributed by atoms with Crippen LogP contribution in [0.2, 0.25) is 0 Å². The Bertz CT molecular complexity index is 811. The number of hydrogen-bond donors (Lipinski definition) is 1. The third-order valence-corrected chi connectivity index (χ3v) is 4.67. The van der Waals surface area contributed by atoms with E-state index < -0.39 is 0 Å². The number of piperazine rings is 1. The van der Waals surface area contributed by atoms with Gasteiger partial charge in [-0.25, -0.2) is 9.97 Å². The SMILES string of the molecule is CC(=O)N1CCN(c2ncc(C(=O)Nc3ccc(C)c(C)c3)cn2)CC1. The highest BCUT2D eigenvalue weighted by Crippen LogP contribution is 2.16. The average molecular weight is 353 g/mol. The summed E-state index contributed by atoms with van der Waals surface area (Å²) in [6, 6.07) is 5.80. The Balaban J connectivity index is 1.63. The maximum Gasteiger partial charge on any atom is 0.258 e. The zero-order valence-corrected chi connectivity index (χ0v) is 15.3. The van der Waals surface area contributed by atoms with Crippen LogP contribution in [0, 0.1) is 13.8 Å². The first kappa shape index (κ1) is 17.8. The molecule has 0 aliphatic carbocycles. The molecule has 1 aliphatic heterocycles. The van der Waals surface area contributed by atoms with Crippen molar-refractivity contribution in [1.82, 2.24) is 14.9 Å². The van der Waals surface area contributed by atoms with E-state index >= 15 is 0 Å². The first-order valence-electron chi connectivity index (χ1n) is 8.65. The fraction of sp³-hybridized carbons (Fsp3) is 0.368. The van der Waals surface area contributed by atoms with E-state index in [-0.39, 0.29) is 11.8 Å². The molecule has 7 nitrogen and oxygen atoms in total. The van der Waals surface area contributed by atoms with Crippen LogP contribution in [0.5, 0.6) is 0 Å². The van der Waals surface area contributed by atoms with Gasteiger partial charge in [0.25, 0.3) is 5.91 Å². The molecule has 26 heavy (non-hydrogen) atoms. The molecular weight excluding hydrogens is 330 g/mol. The molecule has 0 bridgehead atoms. The number of carbonyl (C=O) groups is 2. The molecule has 0 saturated carbocycles. The number of carbonyl (C=O) groups excluding carboxylic acids is 2. The number of nitrogens with zero attached hydrogens (tertiary/aromatic N) is 4. The fourth-order valence-corrected chi connectivity index (χ4v) is 2.85. The lowest BCUT2D eigenvalue weighted by Gasteiger charge is -2.34. The van der Waals surface area contributed by atoms with Crippen LogP contribution in [0.1, 0.15) is 28.4 Å². The van der Waals surface area contributed by atoms with E-state index in [2.05, 4.69) is 15.3 Å². The summed E-state index contributed by atoms with van der Waals surface area (Å²) in [6.45, 7) is 8.32. The third-order valence-electron chi connectivity index (χ3n) is 4.67. The van der Waals surface area contributed by atoms with E-state index in [0.717, 1.165) is 11.3 Å². The molecule has 1 aromatic heterocycles. The van der Waals surface area contributed by atoms with Crippen LogP contribution in [-0.2, 0) is 4.79 Å². The Morgan fingerprint density at radius 2 is 1.65 bits per heavy atom. The molecule has 0 spiro atoms. The van der Waals surface area contributed by atoms with Gasteiger partial charge in [0.1, 0.15) is 0 Å². The van der Waals surface area contributed by atoms with E-state index in [1.807, 2.05) is 41.8 Å². The molecule has 1 fully saturated rings. The van der Waals surface area contributed by atoms with Crippen LogP contribution in [0.25, 0.3) is 0 Å². The lowest BCUT2D eigenvalue weighted by atomic mass is 10.1. The van der Waals surface area contributed by atoms with Gasteiger partial charge in [0.2, 0.25) is 11.9 Å². The Morgan fingerprint density at radius 1 is 1.00 bits per heavy atom. The number of nitrogens with one attached hydrogen (secondary N) is 1. The Kier molecular flexibility index (Phi) is 5.16. The van der Waals surface area contributed by atoms with Crippen molar-refractivity contribution in [2.24, 2.45) is 0 Å². The lowest BCUT2D eigenvalue weighted by Crippen LogP contribution is -2.48. The van der Waals surface area contributed by atoms with Gasteiger partial charge in [0, 0.05) is 51.2 Å². The molecule has 1 aromatic carbocycles. The standard InChI is InChI=1S/C19H23N5O2/c1-13-4-5-17(10-14(13)2)22-18(26)16-11-20-19(21-12-16)24-8-6-23(7-9-24)15(3)25/h4-5,10-12H,6-9H2,1-3H3,(H,22,26). The smallest absolute Gasteiger partial charge is 0.258 e. The van der Waals surface area contributed by atoms with E-state index in [9.17, 15) is 9.59 Å². The minimum Gasteiger partial charge on any atom is -0.339 e. The zero-order valence-electron chi connectivity index (χ0n) is 15.3. The Morgan fingerprint density at radius 3 is 2.23 bits per heavy atom. The van der Waals surface area contributed by atoms with Gasteiger partial charge in [-0.2, -0.15) is 0 Å². The van der Waals surface area contributed by atoms with Gasteiger partial charge in [0.05, 0.1) is 5.56 Å². The molecule has 2 heterocycles. The molecule has 7 heteroatoms. The van der Waals surface area contributed by atoms with Crippen molar-refractivity contribution in [3.63, 3.8) is 0 Å². The highest BCUT2D eigenvalue weighted by atomic mass is 16.2. The predicted octanol–water partition coefficient (Wildman–Crippen LogP) is 2.01. The quantitative estimate of drug-likeness (QED) is 0.913. The second kappa shape index (κ2) is 7.51. The molecule has 1 saturated heterocycles. The zero-order chi connectivity index (χ0) is 18.7. The van der Waals surface area contributed by atoms with Crippen LogP contribution >= 0.6 is 0 Å². The fourth-order valence-electron chi connectivity index (χ4n) is 2.85. The van der Waals surface area contributed by atoms with Gasteiger partial charge in [-0.1, -0.05) is 6.07 Å². The highest BCUT2D eigenvalue weighted by Gasteiger charge is 2.20. The van der Waals surface area contributed by atoms with E-state index in [4.69, 9.17) is 0 Å². The van der Waals surface area contributed by atoms with Crippen molar-refractivity contribution in [1.29, 1.82) is 0 Å². The second-order valence-electron chi connectivity index (χ2n) is 6.52. The summed E-state index contributed by atoms with van der Waals surface area (Å²) in [6.07, 6.45) is 3.08. The van der Waals surface area contributed by atoms with Gasteiger partial charge in [-0.3, -0.25) is 9.59 Å². The predicted molar refractivity (Wildman–Crippen MR) is 100 cm³/mol. The number of aryl methyl sites for hydroxylation is 2. The summed E-state index contributed by atoms with van der Waals surface area (Å²) in [7, 11) is 0. The topological polar surface area (TPSA) is 78.4 Å². The summed E-state index contributed by atoms with van der Waals surface area (Å²) < 4.78 is 0. The number of aromatic nitrogens is 2. The lowest BCUT2D eigenvalue weighted by molar-refractivity contribution is -0.129. The summed E-state index contributed by atoms with van der Waals surface area (Å²) >= 11 is 0. The molecule has 0 radical (unpaired) electrons. The van der Waals surface area contributed by atoms with Gasteiger partial charge in [-0.15, -0.1) is 0 Å². The van der Waals surface area contributed by atoms with Crippen molar-refractivity contribution in [2.45, 2.75) is 20.8 Å². The summed E-state index contributed by atoms with van der Waals surface area (Å²) in [4.78, 5) is 36.2. The number of benzene rings is 1. The number of anilines is 2. The van der Waals surface area contributed by atoms with E-state index in [1.54, 1.807) is 6.92 Å². The summed E-state index contributed by atoms with van der Waals surface area (Å²) in [5.74, 6) is 0.432.